The molecule has 1 aromatic rings. The Morgan fingerprint density at radius 1 is 1.38 bits per heavy atom. The van der Waals surface area contributed by atoms with Crippen LogP contribution in [0.2, 0.25) is 5.02 Å². The number of likely N-dealkylation sites (N-methyl/N-ethyl adjacent to an activating group) is 1. The highest BCUT2D eigenvalue weighted by Gasteiger charge is 2.22. The predicted octanol–water partition coefficient (Wildman–Crippen LogP) is 3.58. The molecular formula is C19H32ClIN4O. The van der Waals surface area contributed by atoms with Gasteiger partial charge in [-0.2, -0.15) is 0 Å². The molecule has 1 atom stereocenters. The summed E-state index contributed by atoms with van der Waals surface area (Å²) in [5.74, 6) is 2.47. The Bertz CT molecular complexity index is 541. The first-order valence-corrected chi connectivity index (χ1v) is 9.52. The van der Waals surface area contributed by atoms with Crippen molar-refractivity contribution in [3.05, 3.63) is 29.3 Å². The molecule has 7 heteroatoms. The molecule has 0 bridgehead atoms. The van der Waals surface area contributed by atoms with Gasteiger partial charge in [0, 0.05) is 32.2 Å². The molecule has 0 aliphatic carbocycles. The van der Waals surface area contributed by atoms with E-state index in [1.54, 1.807) is 0 Å². The van der Waals surface area contributed by atoms with Crippen molar-refractivity contribution in [1.29, 1.82) is 0 Å². The molecule has 0 radical (unpaired) electrons. The van der Waals surface area contributed by atoms with E-state index in [0.29, 0.717) is 12.5 Å². The number of guanidine groups is 1. The van der Waals surface area contributed by atoms with Gasteiger partial charge in [-0.05, 0) is 56.1 Å². The highest BCUT2D eigenvalue weighted by Crippen LogP contribution is 2.16. The average molecular weight is 495 g/mol. The third kappa shape index (κ3) is 7.88. The van der Waals surface area contributed by atoms with Gasteiger partial charge in [0.05, 0.1) is 6.54 Å². The summed E-state index contributed by atoms with van der Waals surface area (Å²) in [5.41, 5.74) is 0. The lowest BCUT2D eigenvalue weighted by atomic mass is 10.1. The number of halogens is 2. The Morgan fingerprint density at radius 2 is 2.12 bits per heavy atom. The highest BCUT2D eigenvalue weighted by atomic mass is 127. The number of hydrogen-bond acceptors (Lipinski definition) is 3. The van der Waals surface area contributed by atoms with Gasteiger partial charge in [-0.3, -0.25) is 4.99 Å². The molecule has 5 nitrogen and oxygen atoms in total. The highest BCUT2D eigenvalue weighted by molar-refractivity contribution is 14.0. The molecule has 1 N–H and O–H groups in total. The summed E-state index contributed by atoms with van der Waals surface area (Å²) < 4.78 is 5.76. The number of benzene rings is 1. The van der Waals surface area contributed by atoms with Crippen LogP contribution in [-0.2, 0) is 0 Å². The van der Waals surface area contributed by atoms with Crippen molar-refractivity contribution in [2.45, 2.75) is 19.8 Å². The van der Waals surface area contributed by atoms with Gasteiger partial charge >= 0.3 is 0 Å². The van der Waals surface area contributed by atoms with Crippen LogP contribution in [0.1, 0.15) is 19.8 Å². The van der Waals surface area contributed by atoms with Crippen molar-refractivity contribution in [1.82, 2.24) is 15.1 Å². The Labute approximate surface area is 180 Å². The van der Waals surface area contributed by atoms with Gasteiger partial charge in [0.1, 0.15) is 12.4 Å². The first-order chi connectivity index (χ1) is 12.1. The SMILES string of the molecule is CCCN1CCC(CNC(=NC)N(C)CCOc2ccc(Cl)cc2)C1.I. The van der Waals surface area contributed by atoms with Crippen molar-refractivity contribution in [3.63, 3.8) is 0 Å². The van der Waals surface area contributed by atoms with Crippen molar-refractivity contribution in [2.75, 3.05) is 53.4 Å². The molecule has 1 saturated heterocycles. The van der Waals surface area contributed by atoms with E-state index in [0.717, 1.165) is 29.8 Å². The summed E-state index contributed by atoms with van der Waals surface area (Å²) in [5, 5.41) is 4.23. The molecule has 2 rings (SSSR count). The maximum absolute atomic E-state index is 5.88. The lowest BCUT2D eigenvalue weighted by molar-refractivity contribution is 0.280. The van der Waals surface area contributed by atoms with Gasteiger partial charge in [0.15, 0.2) is 5.96 Å². The monoisotopic (exact) mass is 494 g/mol. The van der Waals surface area contributed by atoms with Crippen LogP contribution >= 0.6 is 35.6 Å². The largest absolute Gasteiger partial charge is 0.492 e. The number of hydrogen-bond donors (Lipinski definition) is 1. The summed E-state index contributed by atoms with van der Waals surface area (Å²) in [6.07, 6.45) is 2.51. The van der Waals surface area contributed by atoms with Crippen LogP contribution in [-0.4, -0.2) is 69.2 Å². The van der Waals surface area contributed by atoms with Crippen LogP contribution in [0.25, 0.3) is 0 Å². The molecule has 1 heterocycles. The van der Waals surface area contributed by atoms with E-state index < -0.39 is 0 Å². The minimum atomic E-state index is 0. The minimum absolute atomic E-state index is 0. The fourth-order valence-corrected chi connectivity index (χ4v) is 3.28. The van der Waals surface area contributed by atoms with Gasteiger partial charge in [0.25, 0.3) is 0 Å². The zero-order chi connectivity index (χ0) is 18.1. The van der Waals surface area contributed by atoms with Crippen LogP contribution in [0.4, 0.5) is 0 Å². The molecule has 26 heavy (non-hydrogen) atoms. The second-order valence-electron chi connectivity index (χ2n) is 6.61. The first-order valence-electron chi connectivity index (χ1n) is 9.15. The fraction of sp³-hybridized carbons (Fsp3) is 0.632. The lowest BCUT2D eigenvalue weighted by Crippen LogP contribution is -2.43. The Balaban J connectivity index is 0.00000338. The fourth-order valence-electron chi connectivity index (χ4n) is 3.16. The maximum Gasteiger partial charge on any atom is 0.193 e. The first kappa shape index (κ1) is 23.3. The van der Waals surface area contributed by atoms with Crippen LogP contribution in [0, 0.1) is 5.92 Å². The third-order valence-corrected chi connectivity index (χ3v) is 4.79. The topological polar surface area (TPSA) is 40.1 Å². The van der Waals surface area contributed by atoms with E-state index in [2.05, 4.69) is 27.0 Å². The third-order valence-electron chi connectivity index (χ3n) is 4.54. The molecular weight excluding hydrogens is 463 g/mol. The van der Waals surface area contributed by atoms with E-state index in [1.165, 1.54) is 32.5 Å². The maximum atomic E-state index is 5.88. The van der Waals surface area contributed by atoms with E-state index >= 15 is 0 Å². The molecule has 1 aliphatic rings. The predicted molar refractivity (Wildman–Crippen MR) is 121 cm³/mol. The van der Waals surface area contributed by atoms with E-state index in [-0.39, 0.29) is 24.0 Å². The molecule has 1 unspecified atom stereocenters. The molecule has 1 aromatic carbocycles. The summed E-state index contributed by atoms with van der Waals surface area (Å²) >= 11 is 5.88. The normalized spacial score (nSPS) is 17.7. The minimum Gasteiger partial charge on any atom is -0.492 e. The Kier molecular flexibility index (Phi) is 11.3. The summed E-state index contributed by atoms with van der Waals surface area (Å²) in [6, 6.07) is 7.45. The van der Waals surface area contributed by atoms with Crippen molar-refractivity contribution >= 4 is 41.5 Å². The number of ether oxygens (including phenoxy) is 1. The second-order valence-corrected chi connectivity index (χ2v) is 7.04. The van der Waals surface area contributed by atoms with Crippen LogP contribution in [0.15, 0.2) is 29.3 Å². The van der Waals surface area contributed by atoms with Gasteiger partial charge in [-0.25, -0.2) is 0 Å². The zero-order valence-corrected chi connectivity index (χ0v) is 19.2. The van der Waals surface area contributed by atoms with Crippen molar-refractivity contribution < 1.29 is 4.74 Å². The standard InChI is InChI=1S/C19H31ClN4O.HI/c1-4-10-24-11-9-16(15-24)14-22-19(21-2)23(3)12-13-25-18-7-5-17(20)6-8-18;/h5-8,16H,4,9-15H2,1-3H3,(H,21,22);1H. The van der Waals surface area contributed by atoms with E-state index in [4.69, 9.17) is 16.3 Å². The molecule has 0 spiro atoms. The lowest BCUT2D eigenvalue weighted by Gasteiger charge is -2.23. The quantitative estimate of drug-likeness (QED) is 0.341. The van der Waals surface area contributed by atoms with E-state index in [1.807, 2.05) is 38.4 Å². The molecule has 0 saturated carbocycles. The summed E-state index contributed by atoms with van der Waals surface area (Å²) in [4.78, 5) is 9.05. The average Bonchev–Trinajstić information content (AvgIpc) is 3.05. The van der Waals surface area contributed by atoms with Gasteiger partial charge < -0.3 is 19.9 Å². The Morgan fingerprint density at radius 3 is 2.77 bits per heavy atom. The van der Waals surface area contributed by atoms with Crippen LogP contribution in [0.5, 0.6) is 5.75 Å². The number of likely N-dealkylation sites (tertiary alicyclic amines) is 1. The molecule has 1 fully saturated rings. The van der Waals surface area contributed by atoms with Crippen molar-refractivity contribution in [2.24, 2.45) is 10.9 Å². The number of rotatable bonds is 8. The summed E-state index contributed by atoms with van der Waals surface area (Å²) in [6.45, 7) is 8.24. The molecule has 1 aliphatic heterocycles. The molecule has 0 amide bonds. The smallest absolute Gasteiger partial charge is 0.193 e. The molecule has 0 aromatic heterocycles. The van der Waals surface area contributed by atoms with E-state index in [9.17, 15) is 0 Å². The number of nitrogens with zero attached hydrogens (tertiary/aromatic N) is 3. The van der Waals surface area contributed by atoms with Crippen LogP contribution < -0.4 is 10.1 Å². The Hall–Kier alpha value is -0.730. The van der Waals surface area contributed by atoms with Gasteiger partial charge in [0.2, 0.25) is 0 Å². The summed E-state index contributed by atoms with van der Waals surface area (Å²) in [7, 11) is 3.87. The molecule has 148 valence electrons. The van der Waals surface area contributed by atoms with Crippen LogP contribution in [0.3, 0.4) is 0 Å². The van der Waals surface area contributed by atoms with Gasteiger partial charge in [-0.15, -0.1) is 24.0 Å². The number of aliphatic imine (C=N–C) groups is 1. The van der Waals surface area contributed by atoms with Gasteiger partial charge in [-0.1, -0.05) is 18.5 Å². The number of nitrogens with one attached hydrogen (secondary N) is 1. The zero-order valence-electron chi connectivity index (χ0n) is 16.1. The second kappa shape index (κ2) is 12.6. The van der Waals surface area contributed by atoms with Crippen molar-refractivity contribution in [3.8, 4) is 5.75 Å².